The quantitative estimate of drug-likeness (QED) is 0.858. The van der Waals surface area contributed by atoms with E-state index in [0.29, 0.717) is 12.1 Å². The number of alkyl halides is 2. The highest BCUT2D eigenvalue weighted by atomic mass is 35.5. The van der Waals surface area contributed by atoms with Gasteiger partial charge in [-0.25, -0.2) is 0 Å². The molecule has 0 aliphatic carbocycles. The minimum Gasteiger partial charge on any atom is -0.434 e. The van der Waals surface area contributed by atoms with Crippen LogP contribution in [-0.4, -0.2) is 25.6 Å². The molecule has 2 unspecified atom stereocenters. The summed E-state index contributed by atoms with van der Waals surface area (Å²) in [6, 6.07) is 6.13. The van der Waals surface area contributed by atoms with Crippen molar-refractivity contribution in [2.75, 3.05) is 13.1 Å². The number of ether oxygens (including phenoxy) is 1. The van der Waals surface area contributed by atoms with Crippen molar-refractivity contribution in [2.24, 2.45) is 5.41 Å². The number of rotatable bonds is 5. The van der Waals surface area contributed by atoms with E-state index in [1.807, 2.05) is 6.92 Å². The number of halogens is 3. The van der Waals surface area contributed by atoms with Crippen molar-refractivity contribution < 1.29 is 18.3 Å². The highest BCUT2D eigenvalue weighted by Gasteiger charge is 2.35. The van der Waals surface area contributed by atoms with Crippen LogP contribution in [-0.2, 0) is 4.79 Å². The summed E-state index contributed by atoms with van der Waals surface area (Å²) in [6.07, 6.45) is 1.76. The molecule has 0 spiro atoms. The van der Waals surface area contributed by atoms with Gasteiger partial charge in [-0.1, -0.05) is 18.2 Å². The largest absolute Gasteiger partial charge is 0.434 e. The standard InChI is InChI=1S/C16H22F2N2O2.ClH/c1-11(12-6-3-4-7-13(12)22-15(17)18)20-14(21)16(2)8-5-9-19-10-16;/h3-4,6-7,11,15,19H,5,8-10H2,1-2H3,(H,20,21);1H. The van der Waals surface area contributed by atoms with Gasteiger partial charge in [-0.05, 0) is 39.3 Å². The van der Waals surface area contributed by atoms with Crippen LogP contribution in [0.15, 0.2) is 24.3 Å². The Balaban J connectivity index is 0.00000264. The number of para-hydroxylation sites is 1. The molecule has 130 valence electrons. The summed E-state index contributed by atoms with van der Waals surface area (Å²) >= 11 is 0. The number of piperidine rings is 1. The van der Waals surface area contributed by atoms with E-state index >= 15 is 0 Å². The molecule has 2 rings (SSSR count). The Morgan fingerprint density at radius 3 is 2.70 bits per heavy atom. The van der Waals surface area contributed by atoms with Crippen molar-refractivity contribution in [1.29, 1.82) is 0 Å². The highest BCUT2D eigenvalue weighted by molar-refractivity contribution is 5.85. The molecule has 1 amide bonds. The van der Waals surface area contributed by atoms with Gasteiger partial charge in [-0.2, -0.15) is 8.78 Å². The Kier molecular flexibility index (Phi) is 7.22. The number of amides is 1. The first-order valence-electron chi connectivity index (χ1n) is 7.48. The Labute approximate surface area is 141 Å². The van der Waals surface area contributed by atoms with Crippen LogP contribution < -0.4 is 15.4 Å². The number of benzene rings is 1. The van der Waals surface area contributed by atoms with Gasteiger partial charge in [0, 0.05) is 12.1 Å². The van der Waals surface area contributed by atoms with E-state index in [1.165, 1.54) is 6.07 Å². The van der Waals surface area contributed by atoms with Crippen LogP contribution >= 0.6 is 12.4 Å². The van der Waals surface area contributed by atoms with Crippen LogP contribution in [0.2, 0.25) is 0 Å². The third-order valence-electron chi connectivity index (χ3n) is 4.09. The molecule has 1 saturated heterocycles. The molecular formula is C16H23ClF2N2O2. The molecule has 0 aromatic heterocycles. The van der Waals surface area contributed by atoms with Crippen molar-refractivity contribution >= 4 is 18.3 Å². The SMILES string of the molecule is CC(NC(=O)C1(C)CCCNC1)c1ccccc1OC(F)F.Cl. The lowest BCUT2D eigenvalue weighted by atomic mass is 9.81. The van der Waals surface area contributed by atoms with Gasteiger partial charge in [0.15, 0.2) is 0 Å². The first kappa shape index (κ1) is 19.6. The summed E-state index contributed by atoms with van der Waals surface area (Å²) < 4.78 is 29.4. The summed E-state index contributed by atoms with van der Waals surface area (Å²) in [5, 5.41) is 6.14. The Morgan fingerprint density at radius 2 is 2.09 bits per heavy atom. The van der Waals surface area contributed by atoms with Gasteiger partial charge in [0.05, 0.1) is 11.5 Å². The second kappa shape index (κ2) is 8.45. The molecule has 0 saturated carbocycles. The van der Waals surface area contributed by atoms with Gasteiger partial charge in [0.2, 0.25) is 5.91 Å². The zero-order valence-electron chi connectivity index (χ0n) is 13.3. The average Bonchev–Trinajstić information content (AvgIpc) is 2.47. The third kappa shape index (κ3) is 5.04. The van der Waals surface area contributed by atoms with Gasteiger partial charge < -0.3 is 15.4 Å². The normalized spacial score (nSPS) is 22.1. The first-order valence-corrected chi connectivity index (χ1v) is 7.48. The van der Waals surface area contributed by atoms with Crippen LogP contribution in [0.4, 0.5) is 8.78 Å². The second-order valence-electron chi connectivity index (χ2n) is 5.95. The molecule has 0 radical (unpaired) electrons. The number of hydrogen-bond acceptors (Lipinski definition) is 3. The highest BCUT2D eigenvalue weighted by Crippen LogP contribution is 2.30. The van der Waals surface area contributed by atoms with Gasteiger partial charge in [-0.15, -0.1) is 12.4 Å². The predicted octanol–water partition coefficient (Wildman–Crippen LogP) is 3.28. The van der Waals surface area contributed by atoms with Crippen molar-refractivity contribution in [2.45, 2.75) is 39.3 Å². The van der Waals surface area contributed by atoms with Gasteiger partial charge in [0.25, 0.3) is 0 Å². The Hall–Kier alpha value is -1.40. The van der Waals surface area contributed by atoms with E-state index in [0.717, 1.165) is 19.4 Å². The van der Waals surface area contributed by atoms with E-state index in [-0.39, 0.29) is 24.1 Å². The lowest BCUT2D eigenvalue weighted by molar-refractivity contribution is -0.131. The molecule has 1 aromatic rings. The molecule has 23 heavy (non-hydrogen) atoms. The number of hydrogen-bond donors (Lipinski definition) is 2. The molecule has 2 N–H and O–H groups in total. The summed E-state index contributed by atoms with van der Waals surface area (Å²) in [6.45, 7) is 2.35. The number of carbonyl (C=O) groups excluding carboxylic acids is 1. The van der Waals surface area contributed by atoms with Crippen molar-refractivity contribution in [3.8, 4) is 5.75 Å². The maximum atomic E-state index is 12.5. The number of nitrogens with one attached hydrogen (secondary N) is 2. The van der Waals surface area contributed by atoms with Crippen molar-refractivity contribution in [1.82, 2.24) is 10.6 Å². The van der Waals surface area contributed by atoms with Crippen LogP contribution in [0.3, 0.4) is 0 Å². The average molecular weight is 349 g/mol. The van der Waals surface area contributed by atoms with Crippen LogP contribution in [0.25, 0.3) is 0 Å². The van der Waals surface area contributed by atoms with E-state index in [4.69, 9.17) is 0 Å². The van der Waals surface area contributed by atoms with E-state index in [2.05, 4.69) is 15.4 Å². The summed E-state index contributed by atoms with van der Waals surface area (Å²) in [5.41, 5.74) is 0.0777. The van der Waals surface area contributed by atoms with Crippen LogP contribution in [0.1, 0.15) is 38.3 Å². The molecule has 2 atom stereocenters. The smallest absolute Gasteiger partial charge is 0.387 e. The van der Waals surface area contributed by atoms with Crippen molar-refractivity contribution in [3.63, 3.8) is 0 Å². The molecule has 1 aliphatic heterocycles. The Bertz CT molecular complexity index is 523. The summed E-state index contributed by atoms with van der Waals surface area (Å²) in [5.74, 6) is 0.0243. The fourth-order valence-corrected chi connectivity index (χ4v) is 2.74. The lowest BCUT2D eigenvalue weighted by Gasteiger charge is -2.34. The zero-order valence-corrected chi connectivity index (χ0v) is 14.1. The van der Waals surface area contributed by atoms with Gasteiger partial charge >= 0.3 is 6.61 Å². The third-order valence-corrected chi connectivity index (χ3v) is 4.09. The second-order valence-corrected chi connectivity index (χ2v) is 5.95. The van der Waals surface area contributed by atoms with E-state index in [9.17, 15) is 13.6 Å². The molecule has 7 heteroatoms. The first-order chi connectivity index (χ1) is 10.4. The predicted molar refractivity (Wildman–Crippen MR) is 87.1 cm³/mol. The van der Waals surface area contributed by atoms with Crippen LogP contribution in [0.5, 0.6) is 5.75 Å². The maximum Gasteiger partial charge on any atom is 0.387 e. The number of carbonyl (C=O) groups is 1. The Morgan fingerprint density at radius 1 is 1.39 bits per heavy atom. The maximum absolute atomic E-state index is 12.5. The lowest BCUT2D eigenvalue weighted by Crippen LogP contribution is -2.49. The molecule has 1 aliphatic rings. The summed E-state index contributed by atoms with van der Waals surface area (Å²) in [4.78, 5) is 12.5. The fraction of sp³-hybridized carbons (Fsp3) is 0.562. The minimum atomic E-state index is -2.89. The molecule has 1 fully saturated rings. The monoisotopic (exact) mass is 348 g/mol. The molecular weight excluding hydrogens is 326 g/mol. The minimum absolute atomic E-state index is 0. The van der Waals surface area contributed by atoms with Crippen molar-refractivity contribution in [3.05, 3.63) is 29.8 Å². The summed E-state index contributed by atoms with van der Waals surface area (Å²) in [7, 11) is 0. The van der Waals surface area contributed by atoms with E-state index < -0.39 is 18.1 Å². The zero-order chi connectivity index (χ0) is 16.2. The molecule has 1 heterocycles. The van der Waals surface area contributed by atoms with Gasteiger partial charge in [0.1, 0.15) is 5.75 Å². The molecule has 4 nitrogen and oxygen atoms in total. The van der Waals surface area contributed by atoms with E-state index in [1.54, 1.807) is 25.1 Å². The molecule has 0 bridgehead atoms. The molecule has 1 aromatic carbocycles. The topological polar surface area (TPSA) is 50.4 Å². The van der Waals surface area contributed by atoms with Gasteiger partial charge in [-0.3, -0.25) is 4.79 Å². The fourth-order valence-electron chi connectivity index (χ4n) is 2.74. The van der Waals surface area contributed by atoms with Crippen LogP contribution in [0, 0.1) is 5.41 Å².